The largest absolute Gasteiger partial charge is 0.356 e. The first kappa shape index (κ1) is 20.5. The predicted octanol–water partition coefficient (Wildman–Crippen LogP) is 1.24. The molecule has 0 unspecified atom stereocenters. The molecule has 1 aromatic rings. The SMILES string of the molecule is CN=C(NCC(C)(C)CCS(C)(=O)=O)N1CCN(c2ccccn2)CC1. The number of sulfone groups is 1. The van der Waals surface area contributed by atoms with Crippen LogP contribution in [0.5, 0.6) is 0 Å². The molecule has 1 aliphatic heterocycles. The number of pyridine rings is 1. The fourth-order valence-electron chi connectivity index (χ4n) is 2.89. The number of rotatable bonds is 6. The van der Waals surface area contributed by atoms with Crippen LogP contribution < -0.4 is 10.2 Å². The second-order valence-electron chi connectivity index (χ2n) is 7.61. The first-order chi connectivity index (χ1) is 12.2. The Balaban J connectivity index is 1.84. The zero-order valence-electron chi connectivity index (χ0n) is 16.3. The third-order valence-electron chi connectivity index (χ3n) is 4.64. The summed E-state index contributed by atoms with van der Waals surface area (Å²) in [6.45, 7) is 8.40. The maximum atomic E-state index is 11.4. The first-order valence-electron chi connectivity index (χ1n) is 8.99. The van der Waals surface area contributed by atoms with E-state index in [1.807, 2.05) is 24.4 Å². The molecule has 1 fully saturated rings. The number of hydrogen-bond donors (Lipinski definition) is 1. The minimum Gasteiger partial charge on any atom is -0.356 e. The van der Waals surface area contributed by atoms with Crippen molar-refractivity contribution in [3.05, 3.63) is 24.4 Å². The zero-order chi connectivity index (χ0) is 19.2. The van der Waals surface area contributed by atoms with Gasteiger partial charge in [0.05, 0.1) is 5.75 Å². The quantitative estimate of drug-likeness (QED) is 0.590. The van der Waals surface area contributed by atoms with Gasteiger partial charge in [0.15, 0.2) is 5.96 Å². The molecular weight excluding hydrogens is 350 g/mol. The Morgan fingerprint density at radius 3 is 2.50 bits per heavy atom. The molecule has 0 amide bonds. The van der Waals surface area contributed by atoms with Gasteiger partial charge in [-0.1, -0.05) is 19.9 Å². The van der Waals surface area contributed by atoms with Crippen LogP contribution in [-0.4, -0.2) is 76.0 Å². The second-order valence-corrected chi connectivity index (χ2v) is 9.87. The molecule has 26 heavy (non-hydrogen) atoms. The van der Waals surface area contributed by atoms with Crippen molar-refractivity contribution in [2.45, 2.75) is 20.3 Å². The highest BCUT2D eigenvalue weighted by Gasteiger charge is 2.24. The van der Waals surface area contributed by atoms with Crippen LogP contribution in [0.15, 0.2) is 29.4 Å². The van der Waals surface area contributed by atoms with Crippen LogP contribution in [0.4, 0.5) is 5.82 Å². The molecular formula is C18H31N5O2S. The number of nitrogens with zero attached hydrogens (tertiary/aromatic N) is 4. The molecule has 0 bridgehead atoms. The molecule has 0 spiro atoms. The molecule has 1 aliphatic rings. The smallest absolute Gasteiger partial charge is 0.193 e. The molecule has 1 saturated heterocycles. The average molecular weight is 382 g/mol. The molecule has 2 heterocycles. The number of aromatic nitrogens is 1. The number of nitrogens with one attached hydrogen (secondary N) is 1. The number of hydrogen-bond acceptors (Lipinski definition) is 5. The number of aliphatic imine (C=N–C) groups is 1. The Hall–Kier alpha value is -1.83. The van der Waals surface area contributed by atoms with E-state index in [1.54, 1.807) is 7.05 Å². The van der Waals surface area contributed by atoms with Gasteiger partial charge in [-0.3, -0.25) is 4.99 Å². The van der Waals surface area contributed by atoms with E-state index in [-0.39, 0.29) is 11.2 Å². The van der Waals surface area contributed by atoms with Crippen molar-refractivity contribution in [1.29, 1.82) is 0 Å². The molecule has 7 nitrogen and oxygen atoms in total. The van der Waals surface area contributed by atoms with Crippen LogP contribution in [0.3, 0.4) is 0 Å². The summed E-state index contributed by atoms with van der Waals surface area (Å²) >= 11 is 0. The van der Waals surface area contributed by atoms with E-state index in [9.17, 15) is 8.42 Å². The Morgan fingerprint density at radius 2 is 1.96 bits per heavy atom. The highest BCUT2D eigenvalue weighted by atomic mass is 32.2. The van der Waals surface area contributed by atoms with E-state index in [1.165, 1.54) is 6.26 Å². The van der Waals surface area contributed by atoms with Gasteiger partial charge in [-0.05, 0) is 24.0 Å². The van der Waals surface area contributed by atoms with E-state index in [0.29, 0.717) is 13.0 Å². The molecule has 0 saturated carbocycles. The lowest BCUT2D eigenvalue weighted by molar-refractivity contribution is 0.327. The average Bonchev–Trinajstić information content (AvgIpc) is 2.61. The third kappa shape index (κ3) is 6.48. The highest BCUT2D eigenvalue weighted by molar-refractivity contribution is 7.90. The fourth-order valence-corrected chi connectivity index (χ4v) is 3.81. The summed E-state index contributed by atoms with van der Waals surface area (Å²) in [6.07, 6.45) is 3.74. The van der Waals surface area contributed by atoms with Crippen LogP contribution in [0.2, 0.25) is 0 Å². The maximum Gasteiger partial charge on any atom is 0.193 e. The molecule has 8 heteroatoms. The van der Waals surface area contributed by atoms with Gasteiger partial charge in [0, 0.05) is 52.2 Å². The van der Waals surface area contributed by atoms with Crippen molar-refractivity contribution >= 4 is 21.6 Å². The molecule has 0 aliphatic carbocycles. The Morgan fingerprint density at radius 1 is 1.27 bits per heavy atom. The maximum absolute atomic E-state index is 11.4. The minimum atomic E-state index is -2.93. The second kappa shape index (κ2) is 8.70. The molecule has 0 radical (unpaired) electrons. The normalized spacial score (nSPS) is 16.7. The number of guanidine groups is 1. The summed E-state index contributed by atoms with van der Waals surface area (Å²) in [4.78, 5) is 13.3. The molecule has 1 aromatic heterocycles. The van der Waals surface area contributed by atoms with E-state index >= 15 is 0 Å². The van der Waals surface area contributed by atoms with Gasteiger partial charge >= 0.3 is 0 Å². The lowest BCUT2D eigenvalue weighted by atomic mass is 9.90. The van der Waals surface area contributed by atoms with Crippen LogP contribution in [0.1, 0.15) is 20.3 Å². The monoisotopic (exact) mass is 381 g/mol. The van der Waals surface area contributed by atoms with Crippen molar-refractivity contribution < 1.29 is 8.42 Å². The van der Waals surface area contributed by atoms with E-state index in [0.717, 1.165) is 38.0 Å². The van der Waals surface area contributed by atoms with Gasteiger partial charge in [-0.15, -0.1) is 0 Å². The number of piperazine rings is 1. The Kier molecular flexibility index (Phi) is 6.86. The summed E-state index contributed by atoms with van der Waals surface area (Å²) in [5, 5.41) is 3.42. The van der Waals surface area contributed by atoms with Crippen molar-refractivity contribution in [2.24, 2.45) is 10.4 Å². The van der Waals surface area contributed by atoms with Crippen LogP contribution in [-0.2, 0) is 9.84 Å². The van der Waals surface area contributed by atoms with Gasteiger partial charge in [0.25, 0.3) is 0 Å². The van der Waals surface area contributed by atoms with Crippen LogP contribution >= 0.6 is 0 Å². The van der Waals surface area contributed by atoms with E-state index in [2.05, 4.69) is 38.9 Å². The minimum absolute atomic E-state index is 0.116. The van der Waals surface area contributed by atoms with E-state index in [4.69, 9.17) is 0 Å². The molecule has 2 rings (SSSR count). The van der Waals surface area contributed by atoms with Gasteiger partial charge in [0.2, 0.25) is 0 Å². The van der Waals surface area contributed by atoms with Gasteiger partial charge in [-0.25, -0.2) is 13.4 Å². The van der Waals surface area contributed by atoms with Crippen molar-refractivity contribution in [3.8, 4) is 0 Å². The highest BCUT2D eigenvalue weighted by Crippen LogP contribution is 2.20. The fraction of sp³-hybridized carbons (Fsp3) is 0.667. The predicted molar refractivity (Wildman–Crippen MR) is 107 cm³/mol. The summed E-state index contributed by atoms with van der Waals surface area (Å²) in [6, 6.07) is 5.97. The van der Waals surface area contributed by atoms with Crippen molar-refractivity contribution in [1.82, 2.24) is 15.2 Å². The van der Waals surface area contributed by atoms with E-state index < -0.39 is 9.84 Å². The van der Waals surface area contributed by atoms with Crippen LogP contribution in [0, 0.1) is 5.41 Å². The topological polar surface area (TPSA) is 77.9 Å². The number of anilines is 1. The van der Waals surface area contributed by atoms with Crippen LogP contribution in [0.25, 0.3) is 0 Å². The summed E-state index contributed by atoms with van der Waals surface area (Å²) in [7, 11) is -1.15. The van der Waals surface area contributed by atoms with Gasteiger partial charge in [0.1, 0.15) is 15.7 Å². The van der Waals surface area contributed by atoms with Crippen molar-refractivity contribution in [2.75, 3.05) is 56.7 Å². The molecule has 146 valence electrons. The lowest BCUT2D eigenvalue weighted by Crippen LogP contribution is -2.53. The molecule has 0 aromatic carbocycles. The first-order valence-corrected chi connectivity index (χ1v) is 11.1. The summed E-state index contributed by atoms with van der Waals surface area (Å²) in [5.74, 6) is 2.10. The summed E-state index contributed by atoms with van der Waals surface area (Å²) in [5.41, 5.74) is -0.116. The van der Waals surface area contributed by atoms with Crippen molar-refractivity contribution in [3.63, 3.8) is 0 Å². The summed E-state index contributed by atoms with van der Waals surface area (Å²) < 4.78 is 22.8. The zero-order valence-corrected chi connectivity index (χ0v) is 17.1. The molecule has 0 atom stereocenters. The Bertz CT molecular complexity index is 696. The standard InChI is InChI=1S/C18H31N5O2S/c1-18(2,8-14-26(4,24)25)15-21-17(19-3)23-12-10-22(11-13-23)16-7-5-6-9-20-16/h5-7,9H,8,10-15H2,1-4H3,(H,19,21). The third-order valence-corrected chi connectivity index (χ3v) is 5.58. The van der Waals surface area contributed by atoms with Gasteiger partial charge in [-0.2, -0.15) is 0 Å². The molecule has 1 N–H and O–H groups in total. The lowest BCUT2D eigenvalue weighted by Gasteiger charge is -2.38. The van der Waals surface area contributed by atoms with Gasteiger partial charge < -0.3 is 15.1 Å². The Labute approximate surface area is 157 Å².